The van der Waals surface area contributed by atoms with Gasteiger partial charge in [0.1, 0.15) is 0 Å². The molecule has 1 fully saturated rings. The maximum Gasteiger partial charge on any atom is 0.174 e. The largest absolute Gasteiger partial charge is 0.409 e. The number of nitrogens with two attached hydrogens (primary N) is 1. The summed E-state index contributed by atoms with van der Waals surface area (Å²) in [7, 11) is 0. The lowest BCUT2D eigenvalue weighted by molar-refractivity contribution is 0.301. The molecule has 1 aliphatic heterocycles. The van der Waals surface area contributed by atoms with Crippen molar-refractivity contribution in [2.24, 2.45) is 16.3 Å². The lowest BCUT2D eigenvalue weighted by Crippen LogP contribution is -2.30. The zero-order valence-corrected chi connectivity index (χ0v) is 13.3. The Morgan fingerprint density at radius 1 is 1.33 bits per heavy atom. The first kappa shape index (κ1) is 15.5. The molecule has 6 nitrogen and oxygen atoms in total. The summed E-state index contributed by atoms with van der Waals surface area (Å²) < 4.78 is 0. The summed E-state index contributed by atoms with van der Waals surface area (Å²) in [5.74, 6) is 0.836. The summed E-state index contributed by atoms with van der Waals surface area (Å²) in [5.41, 5.74) is 8.63. The minimum absolute atomic E-state index is 0.103. The standard InChI is InChI=1S/C15H25N5O/c1-5-15(6-2)7-8-20(9-15)14-12(13(16)19-21)10(3)11(4)17-18-14/h21H,5-9H2,1-4H3,(H2,16,19). The summed E-state index contributed by atoms with van der Waals surface area (Å²) in [6, 6.07) is 0. The molecule has 1 aliphatic rings. The van der Waals surface area contributed by atoms with Gasteiger partial charge < -0.3 is 15.8 Å². The van der Waals surface area contributed by atoms with Crippen molar-refractivity contribution < 1.29 is 5.21 Å². The van der Waals surface area contributed by atoms with Crippen molar-refractivity contribution in [3.05, 3.63) is 16.8 Å². The molecule has 0 amide bonds. The van der Waals surface area contributed by atoms with Gasteiger partial charge in [0.2, 0.25) is 0 Å². The second kappa shape index (κ2) is 5.87. The van der Waals surface area contributed by atoms with Crippen molar-refractivity contribution in [3.63, 3.8) is 0 Å². The molecule has 0 aliphatic carbocycles. The van der Waals surface area contributed by atoms with Gasteiger partial charge in [-0.25, -0.2) is 0 Å². The molecule has 1 saturated heterocycles. The first-order valence-corrected chi connectivity index (χ1v) is 7.54. The van der Waals surface area contributed by atoms with Crippen LogP contribution in [0.25, 0.3) is 0 Å². The third-order valence-electron chi connectivity index (χ3n) is 5.04. The number of anilines is 1. The lowest BCUT2D eigenvalue weighted by Gasteiger charge is -2.27. The second-order valence-corrected chi connectivity index (χ2v) is 5.97. The third-order valence-corrected chi connectivity index (χ3v) is 5.04. The van der Waals surface area contributed by atoms with Gasteiger partial charge in [-0.2, -0.15) is 5.10 Å². The molecule has 0 radical (unpaired) electrons. The third kappa shape index (κ3) is 2.66. The van der Waals surface area contributed by atoms with Crippen LogP contribution >= 0.6 is 0 Å². The van der Waals surface area contributed by atoms with Crippen LogP contribution in [0.2, 0.25) is 0 Å². The van der Waals surface area contributed by atoms with Gasteiger partial charge in [0.25, 0.3) is 0 Å². The van der Waals surface area contributed by atoms with E-state index in [2.05, 4.69) is 34.1 Å². The van der Waals surface area contributed by atoms with E-state index in [-0.39, 0.29) is 5.84 Å². The van der Waals surface area contributed by atoms with E-state index >= 15 is 0 Å². The molecule has 2 rings (SSSR count). The van der Waals surface area contributed by atoms with Crippen molar-refractivity contribution in [1.82, 2.24) is 10.2 Å². The topological polar surface area (TPSA) is 87.6 Å². The molecule has 0 unspecified atom stereocenters. The van der Waals surface area contributed by atoms with Crippen molar-refractivity contribution in [1.29, 1.82) is 0 Å². The summed E-state index contributed by atoms with van der Waals surface area (Å²) in [4.78, 5) is 2.22. The van der Waals surface area contributed by atoms with Gasteiger partial charge in [0.05, 0.1) is 11.3 Å². The number of hydrogen-bond acceptors (Lipinski definition) is 5. The first-order chi connectivity index (χ1) is 9.98. The number of aryl methyl sites for hydroxylation is 1. The van der Waals surface area contributed by atoms with Crippen LogP contribution in [0.1, 0.15) is 49.9 Å². The van der Waals surface area contributed by atoms with Crippen LogP contribution < -0.4 is 10.6 Å². The van der Waals surface area contributed by atoms with Gasteiger partial charge >= 0.3 is 0 Å². The summed E-state index contributed by atoms with van der Waals surface area (Å²) in [6.45, 7) is 10.2. The molecule has 1 aromatic heterocycles. The Hall–Kier alpha value is -1.85. The Morgan fingerprint density at radius 3 is 2.52 bits per heavy atom. The summed E-state index contributed by atoms with van der Waals surface area (Å²) >= 11 is 0. The smallest absolute Gasteiger partial charge is 0.174 e. The van der Waals surface area contributed by atoms with Gasteiger partial charge in [-0.1, -0.05) is 19.0 Å². The van der Waals surface area contributed by atoms with Gasteiger partial charge in [-0.05, 0) is 44.1 Å². The van der Waals surface area contributed by atoms with Gasteiger partial charge in [0.15, 0.2) is 11.7 Å². The van der Waals surface area contributed by atoms with E-state index in [0.29, 0.717) is 11.0 Å². The minimum atomic E-state index is 0.103. The highest BCUT2D eigenvalue weighted by atomic mass is 16.4. The minimum Gasteiger partial charge on any atom is -0.409 e. The molecule has 0 aromatic carbocycles. The van der Waals surface area contributed by atoms with E-state index < -0.39 is 0 Å². The maximum atomic E-state index is 9.06. The van der Waals surface area contributed by atoms with Crippen molar-refractivity contribution >= 4 is 11.7 Å². The molecule has 0 spiro atoms. The van der Waals surface area contributed by atoms with Crippen LogP contribution in [0.4, 0.5) is 5.82 Å². The van der Waals surface area contributed by atoms with E-state index in [1.807, 2.05) is 13.8 Å². The highest BCUT2D eigenvalue weighted by Gasteiger charge is 2.37. The number of amidine groups is 1. The van der Waals surface area contributed by atoms with Crippen molar-refractivity contribution in [2.45, 2.75) is 47.0 Å². The highest BCUT2D eigenvalue weighted by molar-refractivity contribution is 6.02. The zero-order chi connectivity index (χ0) is 15.6. The van der Waals surface area contributed by atoms with Gasteiger partial charge in [0, 0.05) is 13.1 Å². The second-order valence-electron chi connectivity index (χ2n) is 5.97. The van der Waals surface area contributed by atoms with Crippen LogP contribution in [0.3, 0.4) is 0 Å². The Balaban J connectivity index is 2.44. The normalized spacial score (nSPS) is 18.3. The van der Waals surface area contributed by atoms with Crippen LogP contribution in [-0.4, -0.2) is 34.3 Å². The SMILES string of the molecule is CCC1(CC)CCN(c2nnc(C)c(C)c2C(N)=NO)C1. The van der Waals surface area contributed by atoms with E-state index in [1.165, 1.54) is 0 Å². The quantitative estimate of drug-likeness (QED) is 0.384. The van der Waals surface area contributed by atoms with E-state index in [4.69, 9.17) is 10.9 Å². The number of rotatable bonds is 4. The number of hydrogen-bond donors (Lipinski definition) is 2. The fourth-order valence-electron chi connectivity index (χ4n) is 3.12. The Labute approximate surface area is 126 Å². The Morgan fingerprint density at radius 2 is 2.00 bits per heavy atom. The van der Waals surface area contributed by atoms with Crippen LogP contribution in [0.15, 0.2) is 5.16 Å². The van der Waals surface area contributed by atoms with Crippen LogP contribution in [0, 0.1) is 19.3 Å². The first-order valence-electron chi connectivity index (χ1n) is 7.54. The maximum absolute atomic E-state index is 9.06. The Bertz CT molecular complexity index is 551. The van der Waals surface area contributed by atoms with E-state index in [0.717, 1.165) is 49.4 Å². The molecule has 0 saturated carbocycles. The average molecular weight is 291 g/mol. The Kier molecular flexibility index (Phi) is 4.34. The highest BCUT2D eigenvalue weighted by Crippen LogP contribution is 2.39. The fraction of sp³-hybridized carbons (Fsp3) is 0.667. The van der Waals surface area contributed by atoms with E-state index in [1.54, 1.807) is 0 Å². The monoisotopic (exact) mass is 291 g/mol. The molecule has 21 heavy (non-hydrogen) atoms. The molecular formula is C15H25N5O. The lowest BCUT2D eigenvalue weighted by atomic mass is 9.82. The van der Waals surface area contributed by atoms with Gasteiger partial charge in [-0.15, -0.1) is 5.10 Å². The average Bonchev–Trinajstić information content (AvgIpc) is 2.94. The molecule has 1 aromatic rings. The van der Waals surface area contributed by atoms with Crippen LogP contribution in [0.5, 0.6) is 0 Å². The number of oxime groups is 1. The zero-order valence-electron chi connectivity index (χ0n) is 13.3. The fourth-order valence-corrected chi connectivity index (χ4v) is 3.12. The summed E-state index contributed by atoms with van der Waals surface area (Å²) in [5, 5.41) is 20.8. The summed E-state index contributed by atoms with van der Waals surface area (Å²) in [6.07, 6.45) is 3.44. The van der Waals surface area contributed by atoms with Crippen molar-refractivity contribution in [3.8, 4) is 0 Å². The molecule has 0 bridgehead atoms. The van der Waals surface area contributed by atoms with Crippen molar-refractivity contribution in [2.75, 3.05) is 18.0 Å². The number of nitrogens with zero attached hydrogens (tertiary/aromatic N) is 4. The predicted octanol–water partition coefficient (Wildman–Crippen LogP) is 2.20. The molecule has 116 valence electrons. The number of aromatic nitrogens is 2. The predicted molar refractivity (Wildman–Crippen MR) is 83.9 cm³/mol. The molecular weight excluding hydrogens is 266 g/mol. The van der Waals surface area contributed by atoms with Crippen LogP contribution in [-0.2, 0) is 0 Å². The van der Waals surface area contributed by atoms with Gasteiger partial charge in [-0.3, -0.25) is 0 Å². The molecule has 6 heteroatoms. The van der Waals surface area contributed by atoms with E-state index in [9.17, 15) is 0 Å². The molecule has 0 atom stereocenters. The molecule has 3 N–H and O–H groups in total. The molecule has 2 heterocycles.